The number of benzene rings is 2. The predicted molar refractivity (Wildman–Crippen MR) is 87.1 cm³/mol. The maximum absolute atomic E-state index is 12.8. The van der Waals surface area contributed by atoms with Crippen molar-refractivity contribution < 1.29 is 23.8 Å². The second-order valence-corrected chi connectivity index (χ2v) is 5.83. The molecule has 0 aliphatic rings. The molecule has 0 atom stereocenters. The molecule has 0 saturated heterocycles. The smallest absolute Gasteiger partial charge is 0.335 e. The summed E-state index contributed by atoms with van der Waals surface area (Å²) in [4.78, 5) is 27.0. The summed E-state index contributed by atoms with van der Waals surface area (Å²) in [5, 5.41) is 11.9. The number of carbonyl (C=O) groups is 2. The lowest BCUT2D eigenvalue weighted by Crippen LogP contribution is -2.19. The van der Waals surface area contributed by atoms with Crippen molar-refractivity contribution in [3.05, 3.63) is 53.8 Å². The number of aromatic nitrogens is 1. The van der Waals surface area contributed by atoms with Crippen LogP contribution in [-0.4, -0.2) is 28.6 Å². The summed E-state index contributed by atoms with van der Waals surface area (Å²) in [6.45, 7) is -0.248. The molecule has 2 N–H and O–H groups in total. The maximum atomic E-state index is 12.8. The number of hydrogen-bond acceptors (Lipinski definition) is 5. The Balaban J connectivity index is 1.64. The van der Waals surface area contributed by atoms with Gasteiger partial charge in [0.15, 0.2) is 11.7 Å². The second kappa shape index (κ2) is 6.63. The van der Waals surface area contributed by atoms with E-state index in [-0.39, 0.29) is 18.0 Å². The van der Waals surface area contributed by atoms with Crippen molar-refractivity contribution in [1.82, 2.24) is 4.98 Å². The van der Waals surface area contributed by atoms with Crippen LogP contribution in [0, 0.1) is 5.82 Å². The van der Waals surface area contributed by atoms with Gasteiger partial charge in [-0.2, -0.15) is 0 Å². The Bertz CT molecular complexity index is 908. The summed E-state index contributed by atoms with van der Waals surface area (Å²) in [5.74, 6) is -1.45. The van der Waals surface area contributed by atoms with E-state index in [0.717, 1.165) is 0 Å². The standard InChI is InChI=1S/C16H11FN2O4S/c17-10-2-4-11(5-3-10)23-8-14(20)19-16-18-12-6-1-9(15(21)22)7-13(12)24-16/h1-7H,8H2,(H,21,22)(H,18,19,20). The van der Waals surface area contributed by atoms with E-state index < -0.39 is 11.9 Å². The van der Waals surface area contributed by atoms with Gasteiger partial charge in [0.25, 0.3) is 5.91 Å². The van der Waals surface area contributed by atoms with Crippen LogP contribution in [0.3, 0.4) is 0 Å². The number of carboxylic acid groups (broad SMARTS) is 1. The SMILES string of the molecule is O=C(COc1ccc(F)cc1)Nc1nc2ccc(C(=O)O)cc2s1. The molecular weight excluding hydrogens is 335 g/mol. The van der Waals surface area contributed by atoms with Crippen molar-refractivity contribution in [1.29, 1.82) is 0 Å². The highest BCUT2D eigenvalue weighted by Gasteiger charge is 2.11. The van der Waals surface area contributed by atoms with Crippen LogP contribution in [0.4, 0.5) is 9.52 Å². The molecule has 0 radical (unpaired) electrons. The Hall–Kier alpha value is -3.00. The molecule has 6 nitrogen and oxygen atoms in total. The van der Waals surface area contributed by atoms with Crippen LogP contribution < -0.4 is 10.1 Å². The highest BCUT2D eigenvalue weighted by atomic mass is 32.1. The van der Waals surface area contributed by atoms with Gasteiger partial charge in [-0.05, 0) is 42.5 Å². The Kier molecular flexibility index (Phi) is 4.39. The number of ether oxygens (including phenoxy) is 1. The van der Waals surface area contributed by atoms with Crippen LogP contribution in [0.15, 0.2) is 42.5 Å². The number of hydrogen-bond donors (Lipinski definition) is 2. The lowest BCUT2D eigenvalue weighted by Gasteiger charge is -2.05. The minimum Gasteiger partial charge on any atom is -0.484 e. The molecule has 0 aliphatic heterocycles. The normalized spacial score (nSPS) is 10.5. The topological polar surface area (TPSA) is 88.5 Å². The second-order valence-electron chi connectivity index (χ2n) is 4.80. The monoisotopic (exact) mass is 346 g/mol. The quantitative estimate of drug-likeness (QED) is 0.741. The number of nitrogens with zero attached hydrogens (tertiary/aromatic N) is 1. The molecule has 3 rings (SSSR count). The predicted octanol–water partition coefficient (Wildman–Crippen LogP) is 3.15. The third-order valence-electron chi connectivity index (χ3n) is 3.07. The summed E-state index contributed by atoms with van der Waals surface area (Å²) in [6, 6.07) is 9.86. The highest BCUT2D eigenvalue weighted by Crippen LogP contribution is 2.26. The number of halogens is 1. The fourth-order valence-corrected chi connectivity index (χ4v) is 2.87. The zero-order valence-corrected chi connectivity index (χ0v) is 13.0. The van der Waals surface area contributed by atoms with Gasteiger partial charge in [0.05, 0.1) is 15.8 Å². The molecule has 1 amide bonds. The van der Waals surface area contributed by atoms with Crippen molar-refractivity contribution >= 4 is 38.6 Å². The molecular formula is C16H11FN2O4S. The van der Waals surface area contributed by atoms with E-state index in [1.165, 1.54) is 47.7 Å². The van der Waals surface area contributed by atoms with Gasteiger partial charge in [-0.3, -0.25) is 10.1 Å². The summed E-state index contributed by atoms with van der Waals surface area (Å²) < 4.78 is 18.7. The van der Waals surface area contributed by atoms with E-state index in [1.807, 2.05) is 0 Å². The number of thiazole rings is 1. The minimum absolute atomic E-state index is 0.156. The van der Waals surface area contributed by atoms with E-state index in [1.54, 1.807) is 6.07 Å². The number of amides is 1. The maximum Gasteiger partial charge on any atom is 0.335 e. The van der Waals surface area contributed by atoms with Gasteiger partial charge in [0, 0.05) is 0 Å². The third-order valence-corrected chi connectivity index (χ3v) is 4.00. The Labute approximate surface area is 139 Å². The lowest BCUT2D eigenvalue weighted by molar-refractivity contribution is -0.118. The minimum atomic E-state index is -1.02. The van der Waals surface area contributed by atoms with Crippen LogP contribution in [0.2, 0.25) is 0 Å². The summed E-state index contributed by atoms with van der Waals surface area (Å²) in [5.41, 5.74) is 0.753. The summed E-state index contributed by atoms with van der Waals surface area (Å²) >= 11 is 1.17. The molecule has 0 bridgehead atoms. The molecule has 122 valence electrons. The average Bonchev–Trinajstić information content (AvgIpc) is 2.95. The molecule has 8 heteroatoms. The Morgan fingerprint density at radius 2 is 1.96 bits per heavy atom. The molecule has 24 heavy (non-hydrogen) atoms. The van der Waals surface area contributed by atoms with Gasteiger partial charge in [-0.25, -0.2) is 14.2 Å². The van der Waals surface area contributed by atoms with Gasteiger partial charge in [0.2, 0.25) is 0 Å². The van der Waals surface area contributed by atoms with E-state index in [4.69, 9.17) is 9.84 Å². The molecule has 1 heterocycles. The van der Waals surface area contributed by atoms with Gasteiger partial charge >= 0.3 is 5.97 Å². The molecule has 0 fully saturated rings. The van der Waals surface area contributed by atoms with E-state index in [0.29, 0.717) is 21.1 Å². The zero-order chi connectivity index (χ0) is 17.1. The number of rotatable bonds is 5. The number of fused-ring (bicyclic) bond motifs is 1. The number of nitrogens with one attached hydrogen (secondary N) is 1. The molecule has 0 unspecified atom stereocenters. The van der Waals surface area contributed by atoms with Crippen molar-refractivity contribution in [3.63, 3.8) is 0 Å². The van der Waals surface area contributed by atoms with Crippen LogP contribution in [-0.2, 0) is 4.79 Å². The molecule has 2 aromatic carbocycles. The summed E-state index contributed by atoms with van der Waals surface area (Å²) in [6.07, 6.45) is 0. The van der Waals surface area contributed by atoms with Crippen molar-refractivity contribution in [2.75, 3.05) is 11.9 Å². The highest BCUT2D eigenvalue weighted by molar-refractivity contribution is 7.22. The van der Waals surface area contributed by atoms with E-state index in [9.17, 15) is 14.0 Å². The summed E-state index contributed by atoms with van der Waals surface area (Å²) in [7, 11) is 0. The van der Waals surface area contributed by atoms with Crippen LogP contribution >= 0.6 is 11.3 Å². The van der Waals surface area contributed by atoms with Crippen molar-refractivity contribution in [2.24, 2.45) is 0 Å². The fourth-order valence-electron chi connectivity index (χ4n) is 1.95. The first kappa shape index (κ1) is 15.9. The Morgan fingerprint density at radius 3 is 2.67 bits per heavy atom. The largest absolute Gasteiger partial charge is 0.484 e. The number of carboxylic acids is 1. The molecule has 0 spiro atoms. The van der Waals surface area contributed by atoms with E-state index in [2.05, 4.69) is 10.3 Å². The van der Waals surface area contributed by atoms with Gasteiger partial charge in [-0.1, -0.05) is 11.3 Å². The van der Waals surface area contributed by atoms with E-state index >= 15 is 0 Å². The molecule has 0 saturated carbocycles. The molecule has 3 aromatic rings. The molecule has 0 aliphatic carbocycles. The Morgan fingerprint density at radius 1 is 1.21 bits per heavy atom. The first-order chi connectivity index (χ1) is 11.5. The first-order valence-electron chi connectivity index (χ1n) is 6.83. The molecule has 1 aromatic heterocycles. The zero-order valence-electron chi connectivity index (χ0n) is 12.2. The van der Waals surface area contributed by atoms with Gasteiger partial charge in [0.1, 0.15) is 11.6 Å². The van der Waals surface area contributed by atoms with Crippen LogP contribution in [0.25, 0.3) is 10.2 Å². The van der Waals surface area contributed by atoms with Crippen molar-refractivity contribution in [3.8, 4) is 5.75 Å². The number of anilines is 1. The van der Waals surface area contributed by atoms with Crippen molar-refractivity contribution in [2.45, 2.75) is 0 Å². The van der Waals surface area contributed by atoms with Gasteiger partial charge in [-0.15, -0.1) is 0 Å². The third kappa shape index (κ3) is 3.66. The fraction of sp³-hybridized carbons (Fsp3) is 0.0625. The van der Waals surface area contributed by atoms with Gasteiger partial charge < -0.3 is 9.84 Å². The van der Waals surface area contributed by atoms with Crippen LogP contribution in [0.1, 0.15) is 10.4 Å². The lowest BCUT2D eigenvalue weighted by atomic mass is 10.2. The first-order valence-corrected chi connectivity index (χ1v) is 7.65. The number of aromatic carboxylic acids is 1. The van der Waals surface area contributed by atoms with Crippen LogP contribution in [0.5, 0.6) is 5.75 Å². The number of carbonyl (C=O) groups excluding carboxylic acids is 1. The average molecular weight is 346 g/mol.